The molecular weight excluding hydrogens is 278 g/mol. The average Bonchev–Trinajstić information content (AvgIpc) is 2.45. The number of rotatable bonds is 4. The van der Waals surface area contributed by atoms with Crippen LogP contribution in [0.4, 0.5) is 5.69 Å². The van der Waals surface area contributed by atoms with Gasteiger partial charge >= 0.3 is 5.97 Å². The molecule has 0 fully saturated rings. The van der Waals surface area contributed by atoms with Gasteiger partial charge in [0.15, 0.2) is 0 Å². The highest BCUT2D eigenvalue weighted by molar-refractivity contribution is 6.31. The number of ether oxygens (including phenoxy) is 1. The van der Waals surface area contributed by atoms with E-state index in [9.17, 15) is 9.90 Å². The molecule has 4 nitrogen and oxygen atoms in total. The van der Waals surface area contributed by atoms with Gasteiger partial charge < -0.3 is 14.7 Å². The first-order valence-electron chi connectivity index (χ1n) is 6.90. The van der Waals surface area contributed by atoms with Crippen LogP contribution in [-0.4, -0.2) is 29.3 Å². The Morgan fingerprint density at radius 1 is 1.50 bits per heavy atom. The topological polar surface area (TPSA) is 49.8 Å². The van der Waals surface area contributed by atoms with Gasteiger partial charge in [-0.3, -0.25) is 0 Å². The van der Waals surface area contributed by atoms with E-state index in [0.29, 0.717) is 17.3 Å². The van der Waals surface area contributed by atoms with Crippen LogP contribution in [0.2, 0.25) is 5.02 Å². The standard InChI is InChI=1S/C15H20ClNO3/c1-4-15(5-2)9-17(10(3)14(18)19)12-8-11(16)6-7-13(12)20-15/h6-8,10H,4-5,9H2,1-3H3,(H,18,19). The van der Waals surface area contributed by atoms with Crippen LogP contribution in [0, 0.1) is 0 Å². The lowest BCUT2D eigenvalue weighted by Crippen LogP contribution is -2.54. The maximum absolute atomic E-state index is 11.4. The van der Waals surface area contributed by atoms with Gasteiger partial charge in [0.2, 0.25) is 0 Å². The van der Waals surface area contributed by atoms with Gasteiger partial charge in [-0.1, -0.05) is 25.4 Å². The molecule has 0 saturated heterocycles. The molecular formula is C15H20ClNO3. The molecule has 1 aromatic carbocycles. The molecule has 1 N–H and O–H groups in total. The first-order valence-corrected chi connectivity index (χ1v) is 7.28. The lowest BCUT2D eigenvalue weighted by molar-refractivity contribution is -0.138. The highest BCUT2D eigenvalue weighted by Crippen LogP contribution is 2.41. The van der Waals surface area contributed by atoms with E-state index in [1.54, 1.807) is 19.1 Å². The Labute approximate surface area is 124 Å². The molecule has 0 aliphatic carbocycles. The minimum absolute atomic E-state index is 0.343. The second-order valence-corrected chi connectivity index (χ2v) is 5.68. The van der Waals surface area contributed by atoms with Crippen molar-refractivity contribution < 1.29 is 14.6 Å². The molecule has 1 aliphatic heterocycles. The molecule has 20 heavy (non-hydrogen) atoms. The summed E-state index contributed by atoms with van der Waals surface area (Å²) in [6.45, 7) is 6.37. The summed E-state index contributed by atoms with van der Waals surface area (Å²) < 4.78 is 6.14. The molecule has 0 spiro atoms. The van der Waals surface area contributed by atoms with Crippen molar-refractivity contribution >= 4 is 23.3 Å². The summed E-state index contributed by atoms with van der Waals surface area (Å²) in [5, 5.41) is 9.91. The molecule has 5 heteroatoms. The zero-order valence-electron chi connectivity index (χ0n) is 12.0. The second-order valence-electron chi connectivity index (χ2n) is 5.25. The number of aliphatic carboxylic acids is 1. The van der Waals surface area contributed by atoms with E-state index >= 15 is 0 Å². The van der Waals surface area contributed by atoms with E-state index in [1.165, 1.54) is 0 Å². The quantitative estimate of drug-likeness (QED) is 0.923. The number of anilines is 1. The fraction of sp³-hybridized carbons (Fsp3) is 0.533. The zero-order valence-corrected chi connectivity index (χ0v) is 12.8. The van der Waals surface area contributed by atoms with Crippen molar-refractivity contribution in [1.29, 1.82) is 0 Å². The van der Waals surface area contributed by atoms with Crippen LogP contribution in [0.15, 0.2) is 18.2 Å². The molecule has 0 aromatic heterocycles. The normalized spacial score (nSPS) is 18.1. The third-order valence-corrected chi connectivity index (χ3v) is 4.36. The van der Waals surface area contributed by atoms with Crippen molar-refractivity contribution in [3.63, 3.8) is 0 Å². The Kier molecular flexibility index (Phi) is 4.14. The Morgan fingerprint density at radius 2 is 2.15 bits per heavy atom. The van der Waals surface area contributed by atoms with E-state index in [4.69, 9.17) is 16.3 Å². The van der Waals surface area contributed by atoms with Gasteiger partial charge in [0.1, 0.15) is 17.4 Å². The molecule has 2 rings (SSSR count). The van der Waals surface area contributed by atoms with Gasteiger partial charge in [0.25, 0.3) is 0 Å². The fourth-order valence-corrected chi connectivity index (χ4v) is 2.73. The van der Waals surface area contributed by atoms with Crippen molar-refractivity contribution in [1.82, 2.24) is 0 Å². The summed E-state index contributed by atoms with van der Waals surface area (Å²) in [7, 11) is 0. The van der Waals surface area contributed by atoms with E-state index < -0.39 is 12.0 Å². The Balaban J connectivity index is 2.49. The molecule has 1 heterocycles. The summed E-state index contributed by atoms with van der Waals surface area (Å²) in [6, 6.07) is 4.74. The van der Waals surface area contributed by atoms with Crippen molar-refractivity contribution in [2.45, 2.75) is 45.3 Å². The highest BCUT2D eigenvalue weighted by Gasteiger charge is 2.40. The zero-order chi connectivity index (χ0) is 14.9. The number of benzene rings is 1. The SMILES string of the molecule is CCC1(CC)CN(C(C)C(=O)O)c2cc(Cl)ccc2O1. The summed E-state index contributed by atoms with van der Waals surface area (Å²) in [6.07, 6.45) is 1.66. The van der Waals surface area contributed by atoms with Crippen molar-refractivity contribution in [2.75, 3.05) is 11.4 Å². The monoisotopic (exact) mass is 297 g/mol. The predicted octanol–water partition coefficient (Wildman–Crippen LogP) is 3.57. The Bertz CT molecular complexity index is 514. The summed E-state index contributed by atoms with van der Waals surface area (Å²) in [5.74, 6) is -0.142. The van der Waals surface area contributed by atoms with E-state index in [1.807, 2.05) is 11.0 Å². The Morgan fingerprint density at radius 3 is 2.70 bits per heavy atom. The number of hydrogen-bond donors (Lipinski definition) is 1. The number of nitrogens with zero attached hydrogens (tertiary/aromatic N) is 1. The molecule has 0 amide bonds. The largest absolute Gasteiger partial charge is 0.483 e. The van der Waals surface area contributed by atoms with Gasteiger partial charge in [-0.25, -0.2) is 4.79 Å². The third kappa shape index (κ3) is 2.57. The lowest BCUT2D eigenvalue weighted by atomic mass is 9.93. The Hall–Kier alpha value is -1.42. The van der Waals surface area contributed by atoms with Crippen LogP contribution in [0.25, 0.3) is 0 Å². The number of halogens is 1. The van der Waals surface area contributed by atoms with E-state index in [0.717, 1.165) is 18.5 Å². The van der Waals surface area contributed by atoms with Crippen LogP contribution >= 0.6 is 11.6 Å². The second kappa shape index (κ2) is 5.52. The first-order chi connectivity index (χ1) is 9.42. The van der Waals surface area contributed by atoms with E-state index in [2.05, 4.69) is 13.8 Å². The van der Waals surface area contributed by atoms with Crippen molar-refractivity contribution in [3.8, 4) is 5.75 Å². The number of carboxylic acids is 1. The fourth-order valence-electron chi connectivity index (χ4n) is 2.56. The number of carbonyl (C=O) groups is 1. The minimum atomic E-state index is -0.848. The minimum Gasteiger partial charge on any atom is -0.483 e. The number of carboxylic acid groups (broad SMARTS) is 1. The van der Waals surface area contributed by atoms with Gasteiger partial charge in [-0.2, -0.15) is 0 Å². The van der Waals surface area contributed by atoms with Crippen LogP contribution < -0.4 is 9.64 Å². The van der Waals surface area contributed by atoms with Gasteiger partial charge in [0, 0.05) is 5.02 Å². The van der Waals surface area contributed by atoms with Gasteiger partial charge in [-0.15, -0.1) is 0 Å². The lowest BCUT2D eigenvalue weighted by Gasteiger charge is -2.45. The molecule has 1 aliphatic rings. The number of fused-ring (bicyclic) bond motifs is 1. The maximum Gasteiger partial charge on any atom is 0.326 e. The van der Waals surface area contributed by atoms with E-state index in [-0.39, 0.29) is 5.60 Å². The van der Waals surface area contributed by atoms with Crippen LogP contribution in [0.3, 0.4) is 0 Å². The molecule has 0 bridgehead atoms. The average molecular weight is 298 g/mol. The first kappa shape index (κ1) is 15.0. The molecule has 1 unspecified atom stereocenters. The molecule has 1 aromatic rings. The smallest absolute Gasteiger partial charge is 0.326 e. The van der Waals surface area contributed by atoms with Gasteiger partial charge in [-0.05, 0) is 38.0 Å². The maximum atomic E-state index is 11.4. The molecule has 0 radical (unpaired) electrons. The summed E-state index contributed by atoms with van der Waals surface area (Å²) in [4.78, 5) is 13.2. The van der Waals surface area contributed by atoms with Crippen molar-refractivity contribution in [3.05, 3.63) is 23.2 Å². The highest BCUT2D eigenvalue weighted by atomic mass is 35.5. The molecule has 110 valence electrons. The van der Waals surface area contributed by atoms with Crippen molar-refractivity contribution in [2.24, 2.45) is 0 Å². The summed E-state index contributed by atoms with van der Waals surface area (Å²) in [5.41, 5.74) is 0.412. The summed E-state index contributed by atoms with van der Waals surface area (Å²) >= 11 is 6.04. The number of hydrogen-bond acceptors (Lipinski definition) is 3. The molecule has 0 saturated carbocycles. The van der Waals surface area contributed by atoms with Crippen LogP contribution in [0.1, 0.15) is 33.6 Å². The van der Waals surface area contributed by atoms with Crippen LogP contribution in [0.5, 0.6) is 5.75 Å². The van der Waals surface area contributed by atoms with Gasteiger partial charge in [0.05, 0.1) is 12.2 Å². The third-order valence-electron chi connectivity index (χ3n) is 4.13. The van der Waals surface area contributed by atoms with Crippen LogP contribution in [-0.2, 0) is 4.79 Å². The predicted molar refractivity (Wildman–Crippen MR) is 79.8 cm³/mol. The molecule has 1 atom stereocenters.